The zero-order valence-corrected chi connectivity index (χ0v) is 13.4. The molecule has 0 aliphatic carbocycles. The van der Waals surface area contributed by atoms with Crippen LogP contribution in [0.2, 0.25) is 0 Å². The number of amides is 1. The topological polar surface area (TPSA) is 32.3 Å². The molecule has 0 spiro atoms. The van der Waals surface area contributed by atoms with Crippen LogP contribution in [-0.2, 0) is 0 Å². The van der Waals surface area contributed by atoms with Gasteiger partial charge in [0, 0.05) is 17.8 Å². The Morgan fingerprint density at radius 2 is 2.00 bits per heavy atom. The van der Waals surface area contributed by atoms with Crippen LogP contribution in [0, 0.1) is 5.41 Å². The average molecular weight is 290 g/mol. The van der Waals surface area contributed by atoms with Crippen molar-refractivity contribution in [3.05, 3.63) is 35.2 Å². The summed E-state index contributed by atoms with van der Waals surface area (Å²) in [4.78, 5) is 15.2. The fraction of sp³-hybridized carbons (Fsp3) is 0.438. The maximum Gasteiger partial charge on any atom is 0.261 e. The van der Waals surface area contributed by atoms with Crippen molar-refractivity contribution < 1.29 is 4.79 Å². The minimum Gasteiger partial charge on any atom is -0.351 e. The SMILES string of the molecule is CN(C)CC(C)(C)CNC(=O)c1cc2ccccc2s1. The first-order valence-electron chi connectivity index (χ1n) is 6.79. The van der Waals surface area contributed by atoms with Gasteiger partial charge in [-0.15, -0.1) is 11.3 Å². The Labute approximate surface area is 124 Å². The van der Waals surface area contributed by atoms with Gasteiger partial charge in [0.2, 0.25) is 0 Å². The minimum absolute atomic E-state index is 0.0260. The number of hydrogen-bond donors (Lipinski definition) is 1. The van der Waals surface area contributed by atoms with Crippen molar-refractivity contribution in [3.8, 4) is 0 Å². The van der Waals surface area contributed by atoms with Crippen LogP contribution in [-0.4, -0.2) is 38.0 Å². The van der Waals surface area contributed by atoms with Gasteiger partial charge in [0.05, 0.1) is 4.88 Å². The minimum atomic E-state index is 0.0260. The smallest absolute Gasteiger partial charge is 0.261 e. The standard InChI is InChI=1S/C16H22N2OS/c1-16(2,11-18(3)4)10-17-15(19)14-9-12-7-5-6-8-13(12)20-14/h5-9H,10-11H2,1-4H3,(H,17,19). The van der Waals surface area contributed by atoms with Crippen LogP contribution in [0.4, 0.5) is 0 Å². The van der Waals surface area contributed by atoms with Crippen molar-refractivity contribution in [2.75, 3.05) is 27.2 Å². The van der Waals surface area contributed by atoms with E-state index in [0.29, 0.717) is 6.54 Å². The summed E-state index contributed by atoms with van der Waals surface area (Å²) >= 11 is 1.55. The molecule has 0 bridgehead atoms. The summed E-state index contributed by atoms with van der Waals surface area (Å²) in [6, 6.07) is 10.1. The lowest BCUT2D eigenvalue weighted by molar-refractivity contribution is 0.0933. The number of nitrogens with zero attached hydrogens (tertiary/aromatic N) is 1. The van der Waals surface area contributed by atoms with E-state index in [0.717, 1.165) is 21.5 Å². The Bertz CT molecular complexity index is 568. The highest BCUT2D eigenvalue weighted by atomic mass is 32.1. The van der Waals surface area contributed by atoms with E-state index in [4.69, 9.17) is 0 Å². The highest BCUT2D eigenvalue weighted by Crippen LogP contribution is 2.25. The molecule has 2 aromatic rings. The fourth-order valence-electron chi connectivity index (χ4n) is 2.41. The number of carbonyl (C=O) groups excluding carboxylic acids is 1. The predicted molar refractivity (Wildman–Crippen MR) is 86.5 cm³/mol. The number of rotatable bonds is 5. The quantitative estimate of drug-likeness (QED) is 0.917. The third-order valence-electron chi connectivity index (χ3n) is 3.12. The summed E-state index contributed by atoms with van der Waals surface area (Å²) in [5.74, 6) is 0.0260. The van der Waals surface area contributed by atoms with Crippen molar-refractivity contribution in [2.45, 2.75) is 13.8 Å². The first kappa shape index (κ1) is 15.0. The average Bonchev–Trinajstić information content (AvgIpc) is 2.78. The van der Waals surface area contributed by atoms with Crippen molar-refractivity contribution in [1.29, 1.82) is 0 Å². The largest absolute Gasteiger partial charge is 0.351 e. The Balaban J connectivity index is 2.01. The van der Waals surface area contributed by atoms with Crippen LogP contribution in [0.5, 0.6) is 0 Å². The van der Waals surface area contributed by atoms with E-state index < -0.39 is 0 Å². The van der Waals surface area contributed by atoms with E-state index in [9.17, 15) is 4.79 Å². The van der Waals surface area contributed by atoms with Crippen LogP contribution in [0.1, 0.15) is 23.5 Å². The van der Waals surface area contributed by atoms with Crippen molar-refractivity contribution in [2.24, 2.45) is 5.41 Å². The molecular formula is C16H22N2OS. The first-order chi connectivity index (χ1) is 9.37. The molecule has 1 aromatic heterocycles. The number of hydrogen-bond acceptors (Lipinski definition) is 3. The molecule has 1 amide bonds. The highest BCUT2D eigenvalue weighted by molar-refractivity contribution is 7.20. The van der Waals surface area contributed by atoms with Gasteiger partial charge in [-0.1, -0.05) is 32.0 Å². The van der Waals surface area contributed by atoms with E-state index in [1.165, 1.54) is 0 Å². The van der Waals surface area contributed by atoms with E-state index >= 15 is 0 Å². The van der Waals surface area contributed by atoms with Gasteiger partial charge in [-0.2, -0.15) is 0 Å². The lowest BCUT2D eigenvalue weighted by Crippen LogP contribution is -2.39. The molecule has 1 heterocycles. The second-order valence-corrected chi connectivity index (χ2v) is 7.32. The molecule has 1 aromatic carbocycles. The lowest BCUT2D eigenvalue weighted by Gasteiger charge is -2.28. The van der Waals surface area contributed by atoms with Gasteiger partial charge < -0.3 is 10.2 Å². The van der Waals surface area contributed by atoms with Crippen LogP contribution in [0.3, 0.4) is 0 Å². The van der Waals surface area contributed by atoms with E-state index in [1.54, 1.807) is 11.3 Å². The molecule has 108 valence electrons. The summed E-state index contributed by atoms with van der Waals surface area (Å²) in [6.45, 7) is 5.95. The molecule has 0 fully saturated rings. The molecule has 0 saturated carbocycles. The van der Waals surface area contributed by atoms with Gasteiger partial charge in [-0.25, -0.2) is 0 Å². The second kappa shape index (κ2) is 5.94. The Hall–Kier alpha value is -1.39. The molecule has 4 heteroatoms. The molecule has 3 nitrogen and oxygen atoms in total. The van der Waals surface area contributed by atoms with Gasteiger partial charge in [-0.3, -0.25) is 4.79 Å². The van der Waals surface area contributed by atoms with Crippen LogP contribution in [0.15, 0.2) is 30.3 Å². The third-order valence-corrected chi connectivity index (χ3v) is 4.24. The van der Waals surface area contributed by atoms with Crippen LogP contribution >= 0.6 is 11.3 Å². The fourth-order valence-corrected chi connectivity index (χ4v) is 3.39. The van der Waals surface area contributed by atoms with E-state index in [1.807, 2.05) is 30.3 Å². The Morgan fingerprint density at radius 1 is 1.30 bits per heavy atom. The molecule has 2 rings (SSSR count). The maximum absolute atomic E-state index is 12.2. The Morgan fingerprint density at radius 3 is 2.65 bits per heavy atom. The van der Waals surface area contributed by atoms with Gasteiger partial charge in [0.1, 0.15) is 0 Å². The lowest BCUT2D eigenvalue weighted by atomic mass is 9.93. The number of benzene rings is 1. The molecule has 0 aliphatic heterocycles. The molecule has 1 N–H and O–H groups in total. The molecule has 0 atom stereocenters. The van der Waals surface area contributed by atoms with Crippen molar-refractivity contribution >= 4 is 27.3 Å². The first-order valence-corrected chi connectivity index (χ1v) is 7.60. The van der Waals surface area contributed by atoms with Gasteiger partial charge >= 0.3 is 0 Å². The van der Waals surface area contributed by atoms with Gasteiger partial charge in [0.25, 0.3) is 5.91 Å². The monoisotopic (exact) mass is 290 g/mol. The molecule has 20 heavy (non-hydrogen) atoms. The van der Waals surface area contributed by atoms with E-state index in [2.05, 4.69) is 38.2 Å². The number of nitrogens with one attached hydrogen (secondary N) is 1. The maximum atomic E-state index is 12.2. The molecule has 0 unspecified atom stereocenters. The normalized spacial score (nSPS) is 12.1. The van der Waals surface area contributed by atoms with Gasteiger partial charge in [-0.05, 0) is 37.0 Å². The molecule has 0 radical (unpaired) electrons. The summed E-state index contributed by atoms with van der Waals surface area (Å²) in [7, 11) is 4.10. The summed E-state index contributed by atoms with van der Waals surface area (Å²) in [5.41, 5.74) is 0.0653. The summed E-state index contributed by atoms with van der Waals surface area (Å²) < 4.78 is 1.16. The van der Waals surface area contributed by atoms with Crippen molar-refractivity contribution in [3.63, 3.8) is 0 Å². The zero-order chi connectivity index (χ0) is 14.8. The summed E-state index contributed by atoms with van der Waals surface area (Å²) in [5, 5.41) is 4.18. The molecular weight excluding hydrogens is 268 g/mol. The molecule has 0 aliphatic rings. The van der Waals surface area contributed by atoms with Crippen molar-refractivity contribution in [1.82, 2.24) is 10.2 Å². The Kier molecular flexibility index (Phi) is 4.45. The van der Waals surface area contributed by atoms with E-state index in [-0.39, 0.29) is 11.3 Å². The number of fused-ring (bicyclic) bond motifs is 1. The zero-order valence-electron chi connectivity index (χ0n) is 12.6. The predicted octanol–water partition coefficient (Wildman–Crippen LogP) is 3.22. The third kappa shape index (κ3) is 3.81. The van der Waals surface area contributed by atoms with Gasteiger partial charge in [0.15, 0.2) is 0 Å². The van der Waals surface area contributed by atoms with Crippen LogP contribution in [0.25, 0.3) is 10.1 Å². The second-order valence-electron chi connectivity index (χ2n) is 6.23. The highest BCUT2D eigenvalue weighted by Gasteiger charge is 2.20. The van der Waals surface area contributed by atoms with Crippen LogP contribution < -0.4 is 5.32 Å². The number of carbonyl (C=O) groups is 1. The summed E-state index contributed by atoms with van der Waals surface area (Å²) in [6.07, 6.45) is 0. The molecule has 0 saturated heterocycles. The number of thiophene rings is 1.